The van der Waals surface area contributed by atoms with Crippen LogP contribution in [0.5, 0.6) is 0 Å². The lowest BCUT2D eigenvalue weighted by Crippen LogP contribution is -2.44. The zero-order valence-electron chi connectivity index (χ0n) is 9.54. The molecule has 1 aromatic rings. The van der Waals surface area contributed by atoms with Crippen LogP contribution in [0.25, 0.3) is 0 Å². The molecule has 0 spiro atoms. The topological polar surface area (TPSA) is 48.4 Å². The van der Waals surface area contributed by atoms with Crippen LogP contribution < -0.4 is 5.73 Å². The van der Waals surface area contributed by atoms with Crippen molar-refractivity contribution < 1.29 is 9.15 Å². The normalized spacial score (nSPS) is 21.9. The molecular formula is C12H18BrNO2. The van der Waals surface area contributed by atoms with Gasteiger partial charge in [0.1, 0.15) is 5.76 Å². The molecule has 0 saturated heterocycles. The van der Waals surface area contributed by atoms with E-state index in [0.29, 0.717) is 0 Å². The number of furan rings is 1. The summed E-state index contributed by atoms with van der Waals surface area (Å²) in [5.74, 6) is 0.795. The van der Waals surface area contributed by atoms with Crippen LogP contribution in [0.1, 0.15) is 43.9 Å². The lowest BCUT2D eigenvalue weighted by atomic mass is 9.78. The highest BCUT2D eigenvalue weighted by Gasteiger charge is 2.41. The first-order valence-corrected chi connectivity index (χ1v) is 6.52. The van der Waals surface area contributed by atoms with Crippen LogP contribution in [0.2, 0.25) is 0 Å². The van der Waals surface area contributed by atoms with E-state index in [1.807, 2.05) is 6.07 Å². The number of hydrogen-bond donors (Lipinski definition) is 1. The van der Waals surface area contributed by atoms with Gasteiger partial charge in [-0.05, 0) is 34.8 Å². The second-order valence-corrected chi connectivity index (χ2v) is 5.29. The fourth-order valence-corrected chi connectivity index (χ4v) is 3.01. The first kappa shape index (κ1) is 12.1. The van der Waals surface area contributed by atoms with E-state index in [1.165, 1.54) is 19.3 Å². The van der Waals surface area contributed by atoms with Gasteiger partial charge in [0.25, 0.3) is 0 Å². The minimum absolute atomic E-state index is 0.192. The summed E-state index contributed by atoms with van der Waals surface area (Å²) in [4.78, 5) is 0. The molecule has 1 saturated carbocycles. The third-order valence-electron chi connectivity index (χ3n) is 3.60. The molecule has 90 valence electrons. The SMILES string of the molecule is COC1(C(N)c2occc2Br)CCCCC1. The Bertz CT molecular complexity index is 345. The van der Waals surface area contributed by atoms with Gasteiger partial charge in [0.05, 0.1) is 22.4 Å². The van der Waals surface area contributed by atoms with E-state index < -0.39 is 0 Å². The van der Waals surface area contributed by atoms with E-state index >= 15 is 0 Å². The van der Waals surface area contributed by atoms with Crippen molar-refractivity contribution in [1.82, 2.24) is 0 Å². The second-order valence-electron chi connectivity index (χ2n) is 4.44. The van der Waals surface area contributed by atoms with E-state index in [0.717, 1.165) is 23.1 Å². The van der Waals surface area contributed by atoms with Crippen LogP contribution >= 0.6 is 15.9 Å². The Morgan fingerprint density at radius 2 is 2.12 bits per heavy atom. The largest absolute Gasteiger partial charge is 0.466 e. The number of rotatable bonds is 3. The van der Waals surface area contributed by atoms with Crippen molar-refractivity contribution in [2.24, 2.45) is 5.73 Å². The van der Waals surface area contributed by atoms with E-state index in [-0.39, 0.29) is 11.6 Å². The van der Waals surface area contributed by atoms with Gasteiger partial charge >= 0.3 is 0 Å². The predicted molar refractivity (Wildman–Crippen MR) is 66.2 cm³/mol. The molecule has 1 atom stereocenters. The van der Waals surface area contributed by atoms with Crippen LogP contribution in [-0.4, -0.2) is 12.7 Å². The Morgan fingerprint density at radius 3 is 2.62 bits per heavy atom. The molecule has 1 unspecified atom stereocenters. The molecule has 16 heavy (non-hydrogen) atoms. The standard InChI is InChI=1S/C12H18BrNO2/c1-15-12(6-3-2-4-7-12)11(14)10-9(13)5-8-16-10/h5,8,11H,2-4,6-7,14H2,1H3. The maximum absolute atomic E-state index is 6.31. The van der Waals surface area contributed by atoms with Crippen molar-refractivity contribution in [2.45, 2.75) is 43.7 Å². The van der Waals surface area contributed by atoms with Crippen LogP contribution in [-0.2, 0) is 4.74 Å². The Labute approximate surface area is 104 Å². The minimum Gasteiger partial charge on any atom is -0.466 e. The molecule has 2 rings (SSSR count). The average Bonchev–Trinajstić information content (AvgIpc) is 2.75. The van der Waals surface area contributed by atoms with Crippen molar-refractivity contribution in [3.8, 4) is 0 Å². The molecule has 0 aliphatic heterocycles. The highest BCUT2D eigenvalue weighted by Crippen LogP contribution is 2.41. The number of nitrogens with two attached hydrogens (primary N) is 1. The summed E-state index contributed by atoms with van der Waals surface area (Å²) < 4.78 is 12.1. The van der Waals surface area contributed by atoms with Gasteiger partial charge in [0.15, 0.2) is 0 Å². The Balaban J connectivity index is 2.24. The molecule has 0 amide bonds. The quantitative estimate of drug-likeness (QED) is 0.927. The third-order valence-corrected chi connectivity index (χ3v) is 4.26. The van der Waals surface area contributed by atoms with E-state index in [1.54, 1.807) is 13.4 Å². The molecule has 1 aromatic heterocycles. The van der Waals surface area contributed by atoms with Crippen LogP contribution in [0.4, 0.5) is 0 Å². The van der Waals surface area contributed by atoms with Crippen molar-refractivity contribution in [3.05, 3.63) is 22.6 Å². The maximum atomic E-state index is 6.31. The number of ether oxygens (including phenoxy) is 1. The smallest absolute Gasteiger partial charge is 0.137 e. The molecule has 0 radical (unpaired) electrons. The molecule has 2 N–H and O–H groups in total. The van der Waals surface area contributed by atoms with Gasteiger partial charge in [-0.15, -0.1) is 0 Å². The van der Waals surface area contributed by atoms with Gasteiger partial charge in [0, 0.05) is 7.11 Å². The van der Waals surface area contributed by atoms with Crippen LogP contribution in [0.3, 0.4) is 0 Å². The zero-order valence-corrected chi connectivity index (χ0v) is 11.1. The molecule has 0 aromatic carbocycles. The Morgan fingerprint density at radius 1 is 1.44 bits per heavy atom. The van der Waals surface area contributed by atoms with E-state index in [4.69, 9.17) is 14.9 Å². The van der Waals surface area contributed by atoms with Gasteiger partial charge < -0.3 is 14.9 Å². The van der Waals surface area contributed by atoms with Gasteiger partial charge in [-0.1, -0.05) is 19.3 Å². The van der Waals surface area contributed by atoms with Gasteiger partial charge in [-0.25, -0.2) is 0 Å². The summed E-state index contributed by atoms with van der Waals surface area (Å²) in [6.07, 6.45) is 7.32. The summed E-state index contributed by atoms with van der Waals surface area (Å²) in [5.41, 5.74) is 6.06. The zero-order chi connectivity index (χ0) is 11.6. The lowest BCUT2D eigenvalue weighted by Gasteiger charge is -2.39. The molecule has 1 heterocycles. The molecule has 1 aliphatic rings. The number of hydrogen-bond acceptors (Lipinski definition) is 3. The van der Waals surface area contributed by atoms with Gasteiger partial charge in [-0.3, -0.25) is 0 Å². The second kappa shape index (κ2) is 4.90. The average molecular weight is 288 g/mol. The van der Waals surface area contributed by atoms with E-state index in [9.17, 15) is 0 Å². The van der Waals surface area contributed by atoms with Crippen molar-refractivity contribution in [2.75, 3.05) is 7.11 Å². The Hall–Kier alpha value is -0.320. The highest BCUT2D eigenvalue weighted by molar-refractivity contribution is 9.10. The van der Waals surface area contributed by atoms with Crippen molar-refractivity contribution in [3.63, 3.8) is 0 Å². The highest BCUT2D eigenvalue weighted by atomic mass is 79.9. The monoisotopic (exact) mass is 287 g/mol. The Kier molecular flexibility index (Phi) is 3.72. The molecule has 0 bridgehead atoms. The predicted octanol–water partition coefficient (Wildman–Crippen LogP) is 3.39. The fourth-order valence-electron chi connectivity index (χ4n) is 2.56. The van der Waals surface area contributed by atoms with Crippen molar-refractivity contribution in [1.29, 1.82) is 0 Å². The summed E-state index contributed by atoms with van der Waals surface area (Å²) in [5, 5.41) is 0. The van der Waals surface area contributed by atoms with Crippen LogP contribution in [0, 0.1) is 0 Å². The molecule has 3 nitrogen and oxygen atoms in total. The third kappa shape index (κ3) is 2.06. The van der Waals surface area contributed by atoms with Gasteiger partial charge in [-0.2, -0.15) is 0 Å². The van der Waals surface area contributed by atoms with Crippen molar-refractivity contribution >= 4 is 15.9 Å². The first-order valence-electron chi connectivity index (χ1n) is 5.73. The molecular weight excluding hydrogens is 270 g/mol. The molecule has 1 fully saturated rings. The van der Waals surface area contributed by atoms with E-state index in [2.05, 4.69) is 15.9 Å². The molecule has 4 heteroatoms. The number of methoxy groups -OCH3 is 1. The minimum atomic E-state index is -0.251. The van der Waals surface area contributed by atoms with Crippen LogP contribution in [0.15, 0.2) is 21.2 Å². The fraction of sp³-hybridized carbons (Fsp3) is 0.667. The molecule has 1 aliphatic carbocycles. The summed E-state index contributed by atoms with van der Waals surface area (Å²) in [6.45, 7) is 0. The first-order chi connectivity index (χ1) is 7.69. The summed E-state index contributed by atoms with van der Waals surface area (Å²) >= 11 is 3.46. The van der Waals surface area contributed by atoms with Gasteiger partial charge in [0.2, 0.25) is 0 Å². The summed E-state index contributed by atoms with van der Waals surface area (Å²) in [7, 11) is 1.75. The number of halogens is 1. The maximum Gasteiger partial charge on any atom is 0.137 e. The summed E-state index contributed by atoms with van der Waals surface area (Å²) in [6, 6.07) is 1.68. The lowest BCUT2D eigenvalue weighted by molar-refractivity contribution is -0.0639.